The maximum atomic E-state index is 2.46. The van der Waals surface area contributed by atoms with Gasteiger partial charge in [-0.1, -0.05) is 48.5 Å². The van der Waals surface area contributed by atoms with E-state index >= 15 is 0 Å². The monoisotopic (exact) mass is 275 g/mol. The molecule has 2 aliphatic rings. The lowest BCUT2D eigenvalue weighted by molar-refractivity contribution is 0.356. The van der Waals surface area contributed by atoms with Gasteiger partial charge < -0.3 is 4.90 Å². The van der Waals surface area contributed by atoms with Gasteiger partial charge in [-0.2, -0.15) is 0 Å². The first-order valence-corrected chi connectivity index (χ1v) is 7.90. The van der Waals surface area contributed by atoms with Crippen LogP contribution in [0.2, 0.25) is 0 Å². The summed E-state index contributed by atoms with van der Waals surface area (Å²) < 4.78 is 0. The van der Waals surface area contributed by atoms with Crippen LogP contribution in [0, 0.1) is 0 Å². The molecular weight excluding hydrogens is 254 g/mol. The van der Waals surface area contributed by atoms with E-state index in [0.29, 0.717) is 0 Å². The van der Waals surface area contributed by atoms with Gasteiger partial charge in [0.2, 0.25) is 0 Å². The maximum absolute atomic E-state index is 2.46. The summed E-state index contributed by atoms with van der Waals surface area (Å²) in [6.07, 6.45) is 3.39. The first kappa shape index (κ1) is 12.8. The van der Waals surface area contributed by atoms with Crippen molar-refractivity contribution >= 4 is 11.1 Å². The minimum atomic E-state index is 1.06. The van der Waals surface area contributed by atoms with E-state index in [1.54, 1.807) is 11.1 Å². The molecular formula is C20H21N. The van der Waals surface area contributed by atoms with Crippen molar-refractivity contribution in [2.24, 2.45) is 0 Å². The van der Waals surface area contributed by atoms with Crippen molar-refractivity contribution in [3.8, 4) is 0 Å². The average Bonchev–Trinajstić information content (AvgIpc) is 2.78. The van der Waals surface area contributed by atoms with E-state index in [4.69, 9.17) is 0 Å². The highest BCUT2D eigenvalue weighted by atomic mass is 15.1. The van der Waals surface area contributed by atoms with Crippen molar-refractivity contribution in [2.75, 3.05) is 20.1 Å². The van der Waals surface area contributed by atoms with Gasteiger partial charge in [-0.25, -0.2) is 0 Å². The van der Waals surface area contributed by atoms with Crippen LogP contribution in [0.15, 0.2) is 48.5 Å². The molecule has 4 rings (SSSR count). The number of hydrogen-bond acceptors (Lipinski definition) is 1. The molecule has 1 heterocycles. The minimum Gasteiger partial charge on any atom is -0.306 e. The van der Waals surface area contributed by atoms with Crippen LogP contribution in [0.25, 0.3) is 11.1 Å². The normalized spacial score (nSPS) is 18.3. The second-order valence-electron chi connectivity index (χ2n) is 6.25. The number of benzene rings is 2. The van der Waals surface area contributed by atoms with Gasteiger partial charge in [0.25, 0.3) is 0 Å². The summed E-state index contributed by atoms with van der Waals surface area (Å²) in [5.74, 6) is 0. The summed E-state index contributed by atoms with van der Waals surface area (Å²) >= 11 is 0. The fourth-order valence-corrected chi connectivity index (χ4v) is 3.76. The Morgan fingerprint density at radius 2 is 1.19 bits per heavy atom. The summed E-state index contributed by atoms with van der Waals surface area (Å²) in [4.78, 5) is 2.46. The maximum Gasteiger partial charge on any atom is 0.00192 e. The Bertz CT molecular complexity index is 652. The molecule has 0 atom stereocenters. The van der Waals surface area contributed by atoms with Gasteiger partial charge in [-0.15, -0.1) is 0 Å². The summed E-state index contributed by atoms with van der Waals surface area (Å²) in [6.45, 7) is 2.32. The van der Waals surface area contributed by atoms with Crippen LogP contribution in [-0.4, -0.2) is 25.0 Å². The largest absolute Gasteiger partial charge is 0.306 e. The zero-order chi connectivity index (χ0) is 14.2. The van der Waals surface area contributed by atoms with Gasteiger partial charge in [0, 0.05) is 13.1 Å². The Balaban J connectivity index is 1.97. The van der Waals surface area contributed by atoms with E-state index in [-0.39, 0.29) is 0 Å². The van der Waals surface area contributed by atoms with E-state index in [2.05, 4.69) is 60.5 Å². The third kappa shape index (κ3) is 2.22. The van der Waals surface area contributed by atoms with Crippen molar-refractivity contribution in [1.82, 2.24) is 4.90 Å². The third-order valence-corrected chi connectivity index (χ3v) is 4.92. The van der Waals surface area contributed by atoms with Crippen LogP contribution in [0.3, 0.4) is 0 Å². The highest BCUT2D eigenvalue weighted by Crippen LogP contribution is 2.40. The second kappa shape index (κ2) is 5.16. The summed E-state index contributed by atoms with van der Waals surface area (Å²) in [7, 11) is 2.24. The highest BCUT2D eigenvalue weighted by Gasteiger charge is 2.23. The van der Waals surface area contributed by atoms with Crippen LogP contribution >= 0.6 is 0 Å². The molecule has 0 aromatic heterocycles. The SMILES string of the molecule is CN1CCC2=C(CC1)c1ccccc1Cc1ccccc12. The smallest absolute Gasteiger partial charge is 0.00192 e. The summed E-state index contributed by atoms with van der Waals surface area (Å²) in [5, 5.41) is 0. The quantitative estimate of drug-likeness (QED) is 0.695. The molecule has 0 saturated heterocycles. The van der Waals surface area contributed by atoms with E-state index in [1.165, 1.54) is 22.3 Å². The first-order valence-electron chi connectivity index (χ1n) is 7.90. The molecule has 2 aromatic rings. The standard InChI is InChI=1S/C20H21N/c1-21-12-10-19-17-8-4-2-6-15(17)14-16-7-3-5-9-18(16)20(19)11-13-21/h2-9H,10-14H2,1H3. The Morgan fingerprint density at radius 1 is 0.714 bits per heavy atom. The lowest BCUT2D eigenvalue weighted by Gasteiger charge is -2.14. The lowest BCUT2D eigenvalue weighted by Crippen LogP contribution is -2.19. The fraction of sp³-hybridized carbons (Fsp3) is 0.300. The molecule has 2 aromatic carbocycles. The zero-order valence-corrected chi connectivity index (χ0v) is 12.6. The van der Waals surface area contributed by atoms with Crippen LogP contribution in [0.5, 0.6) is 0 Å². The molecule has 0 N–H and O–H groups in total. The molecule has 1 heteroatoms. The van der Waals surface area contributed by atoms with Crippen LogP contribution in [0.4, 0.5) is 0 Å². The second-order valence-corrected chi connectivity index (χ2v) is 6.25. The average molecular weight is 275 g/mol. The molecule has 0 saturated carbocycles. The summed E-state index contributed by atoms with van der Waals surface area (Å²) in [5.41, 5.74) is 9.11. The lowest BCUT2D eigenvalue weighted by atomic mass is 9.91. The van der Waals surface area contributed by atoms with Gasteiger partial charge in [0.15, 0.2) is 0 Å². The van der Waals surface area contributed by atoms with E-state index < -0.39 is 0 Å². The van der Waals surface area contributed by atoms with Crippen LogP contribution < -0.4 is 0 Å². The van der Waals surface area contributed by atoms with Gasteiger partial charge >= 0.3 is 0 Å². The predicted molar refractivity (Wildman–Crippen MR) is 89.2 cm³/mol. The molecule has 1 nitrogen and oxygen atoms in total. The van der Waals surface area contributed by atoms with Crippen molar-refractivity contribution < 1.29 is 0 Å². The Hall–Kier alpha value is -1.86. The molecule has 1 aliphatic heterocycles. The molecule has 1 aliphatic carbocycles. The van der Waals surface area contributed by atoms with Gasteiger partial charge in [-0.05, 0) is 59.7 Å². The number of rotatable bonds is 0. The summed E-state index contributed by atoms with van der Waals surface area (Å²) in [6, 6.07) is 18.0. The Morgan fingerprint density at radius 3 is 1.71 bits per heavy atom. The molecule has 0 unspecified atom stereocenters. The van der Waals surface area contributed by atoms with Gasteiger partial charge in [0.05, 0.1) is 0 Å². The topological polar surface area (TPSA) is 3.24 Å². The Labute approximate surface area is 126 Å². The zero-order valence-electron chi connectivity index (χ0n) is 12.6. The van der Waals surface area contributed by atoms with Crippen molar-refractivity contribution in [2.45, 2.75) is 19.3 Å². The Kier molecular flexibility index (Phi) is 3.16. The van der Waals surface area contributed by atoms with Gasteiger partial charge in [-0.3, -0.25) is 0 Å². The van der Waals surface area contributed by atoms with Crippen molar-refractivity contribution in [3.05, 3.63) is 70.8 Å². The van der Waals surface area contributed by atoms with Crippen molar-refractivity contribution in [3.63, 3.8) is 0 Å². The molecule has 0 spiro atoms. The molecule has 0 fully saturated rings. The first-order chi connectivity index (χ1) is 10.3. The third-order valence-electron chi connectivity index (χ3n) is 4.92. The molecule has 0 bridgehead atoms. The fourth-order valence-electron chi connectivity index (χ4n) is 3.76. The highest BCUT2D eigenvalue weighted by molar-refractivity contribution is 5.94. The molecule has 0 radical (unpaired) electrons. The minimum absolute atomic E-state index is 1.06. The molecule has 0 amide bonds. The number of fused-ring (bicyclic) bond motifs is 4. The molecule has 21 heavy (non-hydrogen) atoms. The molecule has 106 valence electrons. The van der Waals surface area contributed by atoms with E-state index in [0.717, 1.165) is 32.4 Å². The van der Waals surface area contributed by atoms with Gasteiger partial charge in [0.1, 0.15) is 0 Å². The van der Waals surface area contributed by atoms with Crippen LogP contribution in [-0.2, 0) is 6.42 Å². The number of nitrogens with zero attached hydrogens (tertiary/aromatic N) is 1. The van der Waals surface area contributed by atoms with Crippen molar-refractivity contribution in [1.29, 1.82) is 0 Å². The number of hydrogen-bond donors (Lipinski definition) is 0. The van der Waals surface area contributed by atoms with E-state index in [1.807, 2.05) is 0 Å². The van der Waals surface area contributed by atoms with E-state index in [9.17, 15) is 0 Å². The predicted octanol–water partition coefficient (Wildman–Crippen LogP) is 4.23. The van der Waals surface area contributed by atoms with Crippen LogP contribution in [0.1, 0.15) is 35.1 Å².